The fraction of sp³-hybridized carbons (Fsp3) is 0.600. The van der Waals surface area contributed by atoms with E-state index in [0.717, 1.165) is 39.3 Å². The highest BCUT2D eigenvalue weighted by Crippen LogP contribution is 2.05. The quantitative estimate of drug-likeness (QED) is 0.871. The molecule has 1 N–H and O–H groups in total. The van der Waals surface area contributed by atoms with Crippen molar-refractivity contribution in [3.05, 3.63) is 35.6 Å². The Kier molecular flexibility index (Phi) is 5.76. The number of hydrogen-bond donors (Lipinski definition) is 1. The molecule has 1 aliphatic heterocycles. The van der Waals surface area contributed by atoms with Crippen LogP contribution in [-0.4, -0.2) is 56.1 Å². The fourth-order valence-corrected chi connectivity index (χ4v) is 2.42. The van der Waals surface area contributed by atoms with Crippen LogP contribution >= 0.6 is 0 Å². The standard InChI is InChI=1S/C15H24FN3/c1-18(13-14-3-5-15(16)6-4-14)11-12-19-9-2-7-17-8-10-19/h3-6,17H,2,7-13H2,1H3. The lowest BCUT2D eigenvalue weighted by atomic mass is 10.2. The highest BCUT2D eigenvalue weighted by atomic mass is 19.1. The maximum absolute atomic E-state index is 12.8. The van der Waals surface area contributed by atoms with Gasteiger partial charge in [0.2, 0.25) is 0 Å². The molecule has 0 atom stereocenters. The molecular weight excluding hydrogens is 241 g/mol. The summed E-state index contributed by atoms with van der Waals surface area (Å²) in [7, 11) is 2.12. The van der Waals surface area contributed by atoms with Crippen LogP contribution in [0.4, 0.5) is 4.39 Å². The van der Waals surface area contributed by atoms with Crippen molar-refractivity contribution in [2.45, 2.75) is 13.0 Å². The molecule has 0 bridgehead atoms. The SMILES string of the molecule is CN(CCN1CCCNCC1)Cc1ccc(F)cc1. The van der Waals surface area contributed by atoms with E-state index in [0.29, 0.717) is 0 Å². The molecule has 0 spiro atoms. The molecule has 0 aromatic heterocycles. The fourth-order valence-electron chi connectivity index (χ4n) is 2.42. The number of rotatable bonds is 5. The Hall–Kier alpha value is -0.970. The van der Waals surface area contributed by atoms with Gasteiger partial charge in [0.05, 0.1) is 0 Å². The zero-order valence-corrected chi connectivity index (χ0v) is 11.7. The van der Waals surface area contributed by atoms with Crippen LogP contribution in [0.5, 0.6) is 0 Å². The Labute approximate surface area is 115 Å². The molecule has 106 valence electrons. The number of nitrogens with zero attached hydrogens (tertiary/aromatic N) is 2. The van der Waals surface area contributed by atoms with Crippen molar-refractivity contribution in [3.8, 4) is 0 Å². The van der Waals surface area contributed by atoms with Crippen LogP contribution in [0, 0.1) is 5.82 Å². The van der Waals surface area contributed by atoms with Crippen molar-refractivity contribution in [3.63, 3.8) is 0 Å². The van der Waals surface area contributed by atoms with E-state index in [9.17, 15) is 4.39 Å². The average Bonchev–Trinajstić information content (AvgIpc) is 2.68. The minimum Gasteiger partial charge on any atom is -0.315 e. The molecule has 2 rings (SSSR count). The molecule has 1 aromatic rings. The van der Waals surface area contributed by atoms with Crippen molar-refractivity contribution in [1.29, 1.82) is 0 Å². The molecule has 1 aliphatic rings. The molecule has 19 heavy (non-hydrogen) atoms. The number of halogens is 1. The van der Waals surface area contributed by atoms with Gasteiger partial charge >= 0.3 is 0 Å². The summed E-state index contributed by atoms with van der Waals surface area (Å²) in [6.45, 7) is 7.62. The van der Waals surface area contributed by atoms with Gasteiger partial charge in [-0.15, -0.1) is 0 Å². The zero-order chi connectivity index (χ0) is 13.5. The third-order valence-electron chi connectivity index (χ3n) is 3.60. The Balaban J connectivity index is 1.71. The normalized spacial score (nSPS) is 17.6. The maximum Gasteiger partial charge on any atom is 0.123 e. The highest BCUT2D eigenvalue weighted by molar-refractivity contribution is 5.15. The Morgan fingerprint density at radius 3 is 2.79 bits per heavy atom. The molecule has 3 nitrogen and oxygen atoms in total. The van der Waals surface area contributed by atoms with E-state index in [1.807, 2.05) is 12.1 Å². The molecule has 1 aromatic carbocycles. The first-order chi connectivity index (χ1) is 9.24. The summed E-state index contributed by atoms with van der Waals surface area (Å²) in [6, 6.07) is 6.79. The number of nitrogens with one attached hydrogen (secondary N) is 1. The lowest BCUT2D eigenvalue weighted by molar-refractivity contribution is 0.231. The molecule has 0 radical (unpaired) electrons. The van der Waals surface area contributed by atoms with Gasteiger partial charge in [-0.1, -0.05) is 12.1 Å². The van der Waals surface area contributed by atoms with E-state index in [-0.39, 0.29) is 5.82 Å². The lowest BCUT2D eigenvalue weighted by Crippen LogP contribution is -2.35. The van der Waals surface area contributed by atoms with E-state index in [1.54, 1.807) is 0 Å². The summed E-state index contributed by atoms with van der Waals surface area (Å²) in [5.74, 6) is -0.163. The van der Waals surface area contributed by atoms with E-state index in [1.165, 1.54) is 30.7 Å². The first-order valence-corrected chi connectivity index (χ1v) is 7.10. The average molecular weight is 265 g/mol. The minimum absolute atomic E-state index is 0.163. The van der Waals surface area contributed by atoms with Gasteiger partial charge in [0.1, 0.15) is 5.82 Å². The molecule has 4 heteroatoms. The summed E-state index contributed by atoms with van der Waals surface area (Å²) in [4.78, 5) is 4.81. The molecule has 0 aliphatic carbocycles. The third-order valence-corrected chi connectivity index (χ3v) is 3.60. The first kappa shape index (κ1) is 14.4. The Bertz CT molecular complexity index is 358. The second kappa shape index (κ2) is 7.58. The maximum atomic E-state index is 12.8. The number of likely N-dealkylation sites (N-methyl/N-ethyl adjacent to an activating group) is 1. The van der Waals surface area contributed by atoms with Crippen LogP contribution in [0.15, 0.2) is 24.3 Å². The lowest BCUT2D eigenvalue weighted by Gasteiger charge is -2.23. The van der Waals surface area contributed by atoms with E-state index in [4.69, 9.17) is 0 Å². The van der Waals surface area contributed by atoms with Gasteiger partial charge in [-0.05, 0) is 44.3 Å². The van der Waals surface area contributed by atoms with Gasteiger partial charge < -0.3 is 15.1 Å². The predicted octanol–water partition coefficient (Wildman–Crippen LogP) is 1.55. The zero-order valence-electron chi connectivity index (χ0n) is 11.7. The second-order valence-corrected chi connectivity index (χ2v) is 5.31. The van der Waals surface area contributed by atoms with Gasteiger partial charge in [-0.2, -0.15) is 0 Å². The smallest absolute Gasteiger partial charge is 0.123 e. The van der Waals surface area contributed by atoms with E-state index in [2.05, 4.69) is 22.2 Å². The molecule has 1 heterocycles. The third kappa shape index (κ3) is 5.27. The number of benzene rings is 1. The minimum atomic E-state index is -0.163. The van der Waals surface area contributed by atoms with Crippen molar-refractivity contribution in [1.82, 2.24) is 15.1 Å². The van der Waals surface area contributed by atoms with E-state index < -0.39 is 0 Å². The summed E-state index contributed by atoms with van der Waals surface area (Å²) in [6.07, 6.45) is 1.24. The predicted molar refractivity (Wildman–Crippen MR) is 76.7 cm³/mol. The molecule has 0 saturated carbocycles. The van der Waals surface area contributed by atoms with Crippen LogP contribution in [0.1, 0.15) is 12.0 Å². The van der Waals surface area contributed by atoms with Crippen molar-refractivity contribution >= 4 is 0 Å². The van der Waals surface area contributed by atoms with Crippen molar-refractivity contribution in [2.24, 2.45) is 0 Å². The number of hydrogen-bond acceptors (Lipinski definition) is 3. The summed E-state index contributed by atoms with van der Waals surface area (Å²) in [5.41, 5.74) is 1.17. The van der Waals surface area contributed by atoms with Gasteiger partial charge in [0, 0.05) is 32.7 Å². The Morgan fingerprint density at radius 2 is 2.00 bits per heavy atom. The van der Waals surface area contributed by atoms with Crippen molar-refractivity contribution < 1.29 is 4.39 Å². The highest BCUT2D eigenvalue weighted by Gasteiger charge is 2.09. The van der Waals surface area contributed by atoms with Crippen LogP contribution < -0.4 is 5.32 Å². The molecule has 1 saturated heterocycles. The molecule has 0 unspecified atom stereocenters. The van der Waals surface area contributed by atoms with Crippen molar-refractivity contribution in [2.75, 3.05) is 46.3 Å². The largest absolute Gasteiger partial charge is 0.315 e. The van der Waals surface area contributed by atoms with E-state index >= 15 is 0 Å². The monoisotopic (exact) mass is 265 g/mol. The van der Waals surface area contributed by atoms with Gasteiger partial charge in [0.25, 0.3) is 0 Å². The molecular formula is C15H24FN3. The molecule has 0 amide bonds. The second-order valence-electron chi connectivity index (χ2n) is 5.31. The van der Waals surface area contributed by atoms with Crippen LogP contribution in [-0.2, 0) is 6.54 Å². The summed E-state index contributed by atoms with van der Waals surface area (Å²) >= 11 is 0. The Morgan fingerprint density at radius 1 is 1.21 bits per heavy atom. The van der Waals surface area contributed by atoms with Gasteiger partial charge in [0.15, 0.2) is 0 Å². The van der Waals surface area contributed by atoms with Gasteiger partial charge in [-0.3, -0.25) is 0 Å². The van der Waals surface area contributed by atoms with Crippen LogP contribution in [0.2, 0.25) is 0 Å². The first-order valence-electron chi connectivity index (χ1n) is 7.10. The van der Waals surface area contributed by atoms with Crippen LogP contribution in [0.25, 0.3) is 0 Å². The molecule has 1 fully saturated rings. The van der Waals surface area contributed by atoms with Crippen LogP contribution in [0.3, 0.4) is 0 Å². The topological polar surface area (TPSA) is 18.5 Å². The summed E-state index contributed by atoms with van der Waals surface area (Å²) < 4.78 is 12.8. The van der Waals surface area contributed by atoms with Gasteiger partial charge in [-0.25, -0.2) is 4.39 Å². The summed E-state index contributed by atoms with van der Waals surface area (Å²) in [5, 5.41) is 3.42.